The van der Waals surface area contributed by atoms with E-state index < -0.39 is 5.82 Å². The zero-order chi connectivity index (χ0) is 11.5. The van der Waals surface area contributed by atoms with Gasteiger partial charge in [0.1, 0.15) is 0 Å². The minimum atomic E-state index is -0.405. The molecule has 0 spiro atoms. The van der Waals surface area contributed by atoms with E-state index in [4.69, 9.17) is 5.11 Å². The van der Waals surface area contributed by atoms with Crippen molar-refractivity contribution >= 4 is 5.82 Å². The Morgan fingerprint density at radius 3 is 3.00 bits per heavy atom. The van der Waals surface area contributed by atoms with Crippen LogP contribution in [0.4, 0.5) is 10.2 Å². The van der Waals surface area contributed by atoms with E-state index in [2.05, 4.69) is 18.0 Å². The molecule has 3 nitrogen and oxygen atoms in total. The average Bonchev–Trinajstić information content (AvgIpc) is 2.31. The van der Waals surface area contributed by atoms with Gasteiger partial charge >= 0.3 is 0 Å². The molecule has 0 bridgehead atoms. The smallest absolute Gasteiger partial charge is 0.171 e. The second kappa shape index (κ2) is 4.61. The molecule has 86 valence electrons. The predicted octanol–water partition coefficient (Wildman–Crippen LogP) is 1.87. The Morgan fingerprint density at radius 2 is 2.38 bits per heavy atom. The highest BCUT2D eigenvalue weighted by Crippen LogP contribution is 2.22. The van der Waals surface area contributed by atoms with Crippen molar-refractivity contribution in [2.24, 2.45) is 0 Å². The van der Waals surface area contributed by atoms with Gasteiger partial charge in [-0.3, -0.25) is 0 Å². The molecule has 0 aliphatic carbocycles. The number of pyridine rings is 1. The minimum absolute atomic E-state index is 0.288. The molecule has 0 amide bonds. The number of rotatable bonds is 2. The molecule has 1 N–H and O–H groups in total. The molecule has 16 heavy (non-hydrogen) atoms. The number of aliphatic hydroxyl groups excluding tert-OH is 1. The van der Waals surface area contributed by atoms with Gasteiger partial charge in [-0.25, -0.2) is 9.37 Å². The van der Waals surface area contributed by atoms with Gasteiger partial charge < -0.3 is 10.0 Å². The van der Waals surface area contributed by atoms with E-state index in [9.17, 15) is 4.39 Å². The zero-order valence-electron chi connectivity index (χ0n) is 9.28. The van der Waals surface area contributed by atoms with E-state index in [1.807, 2.05) is 4.90 Å². The van der Waals surface area contributed by atoms with Gasteiger partial charge in [0.15, 0.2) is 11.6 Å². The summed E-state index contributed by atoms with van der Waals surface area (Å²) in [7, 11) is 0. The van der Waals surface area contributed by atoms with Gasteiger partial charge in [-0.2, -0.15) is 0 Å². The van der Waals surface area contributed by atoms with Crippen LogP contribution < -0.4 is 4.90 Å². The van der Waals surface area contributed by atoms with Crippen LogP contribution in [0.15, 0.2) is 23.9 Å². The number of aliphatic hydroxyl groups is 1. The molecule has 2 heterocycles. The topological polar surface area (TPSA) is 36.4 Å². The SMILES string of the molecule is CC1=CCN(c2nccc(CO)c2F)CC1. The van der Waals surface area contributed by atoms with Gasteiger partial charge in [-0.05, 0) is 19.4 Å². The second-order valence-electron chi connectivity index (χ2n) is 4.01. The van der Waals surface area contributed by atoms with E-state index in [0.29, 0.717) is 17.9 Å². The molecule has 1 aliphatic rings. The van der Waals surface area contributed by atoms with E-state index >= 15 is 0 Å². The van der Waals surface area contributed by atoms with Gasteiger partial charge in [-0.15, -0.1) is 0 Å². The van der Waals surface area contributed by atoms with Crippen LogP contribution in [-0.4, -0.2) is 23.2 Å². The van der Waals surface area contributed by atoms with Crippen LogP contribution in [0.5, 0.6) is 0 Å². The summed E-state index contributed by atoms with van der Waals surface area (Å²) in [6.45, 7) is 3.25. The van der Waals surface area contributed by atoms with Crippen molar-refractivity contribution < 1.29 is 9.50 Å². The molecule has 0 aromatic carbocycles. The molecule has 0 fully saturated rings. The van der Waals surface area contributed by atoms with Crippen molar-refractivity contribution in [2.75, 3.05) is 18.0 Å². The number of anilines is 1. The van der Waals surface area contributed by atoms with Crippen LogP contribution >= 0.6 is 0 Å². The number of hydrogen-bond acceptors (Lipinski definition) is 3. The quantitative estimate of drug-likeness (QED) is 0.776. The maximum Gasteiger partial charge on any atom is 0.171 e. The van der Waals surface area contributed by atoms with E-state index in [1.54, 1.807) is 0 Å². The Hall–Kier alpha value is -1.42. The third-order valence-corrected chi connectivity index (χ3v) is 2.86. The predicted molar refractivity (Wildman–Crippen MR) is 60.7 cm³/mol. The van der Waals surface area contributed by atoms with Crippen LogP contribution in [0.1, 0.15) is 18.9 Å². The monoisotopic (exact) mass is 222 g/mol. The highest BCUT2D eigenvalue weighted by Gasteiger charge is 2.17. The summed E-state index contributed by atoms with van der Waals surface area (Å²) in [6, 6.07) is 1.50. The highest BCUT2D eigenvalue weighted by atomic mass is 19.1. The summed E-state index contributed by atoms with van der Waals surface area (Å²) in [5.74, 6) is -0.0618. The molecule has 2 rings (SSSR count). The van der Waals surface area contributed by atoms with Gasteiger partial charge in [-0.1, -0.05) is 11.6 Å². The van der Waals surface area contributed by atoms with Crippen molar-refractivity contribution in [1.82, 2.24) is 4.98 Å². The van der Waals surface area contributed by atoms with Crippen LogP contribution in [0.25, 0.3) is 0 Å². The molecular formula is C12H15FN2O. The zero-order valence-corrected chi connectivity index (χ0v) is 9.28. The van der Waals surface area contributed by atoms with Crippen LogP contribution in [0.3, 0.4) is 0 Å². The normalized spacial score (nSPS) is 16.2. The molecule has 0 unspecified atom stereocenters. The number of nitrogens with zero attached hydrogens (tertiary/aromatic N) is 2. The van der Waals surface area contributed by atoms with Crippen molar-refractivity contribution in [3.63, 3.8) is 0 Å². The average molecular weight is 222 g/mol. The summed E-state index contributed by atoms with van der Waals surface area (Å²) in [5, 5.41) is 8.99. The number of aromatic nitrogens is 1. The van der Waals surface area contributed by atoms with Crippen LogP contribution in [0, 0.1) is 5.82 Å². The molecule has 1 aromatic heterocycles. The molecule has 0 saturated carbocycles. The van der Waals surface area contributed by atoms with E-state index in [1.165, 1.54) is 17.8 Å². The summed E-state index contributed by atoms with van der Waals surface area (Å²) < 4.78 is 13.9. The van der Waals surface area contributed by atoms with Crippen LogP contribution in [-0.2, 0) is 6.61 Å². The second-order valence-corrected chi connectivity index (χ2v) is 4.01. The summed E-state index contributed by atoms with van der Waals surface area (Å²) in [4.78, 5) is 5.94. The molecule has 0 saturated heterocycles. The first-order chi connectivity index (χ1) is 7.72. The van der Waals surface area contributed by atoms with Gasteiger partial charge in [0.2, 0.25) is 0 Å². The fourth-order valence-corrected chi connectivity index (χ4v) is 1.78. The van der Waals surface area contributed by atoms with Gasteiger partial charge in [0.05, 0.1) is 6.61 Å². The lowest BCUT2D eigenvalue weighted by Crippen LogP contribution is -2.30. The van der Waals surface area contributed by atoms with Crippen LogP contribution in [0.2, 0.25) is 0 Å². The molecular weight excluding hydrogens is 207 g/mol. The molecule has 1 aromatic rings. The fraction of sp³-hybridized carbons (Fsp3) is 0.417. The van der Waals surface area contributed by atoms with E-state index in [-0.39, 0.29) is 6.61 Å². The lowest BCUT2D eigenvalue weighted by molar-refractivity contribution is 0.275. The first-order valence-corrected chi connectivity index (χ1v) is 5.37. The lowest BCUT2D eigenvalue weighted by atomic mass is 10.1. The Bertz CT molecular complexity index is 417. The maximum atomic E-state index is 13.9. The first kappa shape index (κ1) is 11.1. The molecule has 0 atom stereocenters. The Kier molecular flexibility index (Phi) is 3.19. The van der Waals surface area contributed by atoms with Crippen molar-refractivity contribution in [3.8, 4) is 0 Å². The van der Waals surface area contributed by atoms with Gasteiger partial charge in [0.25, 0.3) is 0 Å². The lowest BCUT2D eigenvalue weighted by Gasteiger charge is -2.27. The first-order valence-electron chi connectivity index (χ1n) is 5.37. The van der Waals surface area contributed by atoms with Crippen molar-refractivity contribution in [2.45, 2.75) is 20.0 Å². The third kappa shape index (κ3) is 2.07. The highest BCUT2D eigenvalue weighted by molar-refractivity contribution is 5.44. The minimum Gasteiger partial charge on any atom is -0.392 e. The number of halogens is 1. The fourth-order valence-electron chi connectivity index (χ4n) is 1.78. The molecule has 4 heteroatoms. The van der Waals surface area contributed by atoms with E-state index in [0.717, 1.165) is 13.0 Å². The Morgan fingerprint density at radius 1 is 1.56 bits per heavy atom. The van der Waals surface area contributed by atoms with Gasteiger partial charge in [0, 0.05) is 24.8 Å². The Balaban J connectivity index is 2.27. The van der Waals surface area contributed by atoms with Crippen molar-refractivity contribution in [1.29, 1.82) is 0 Å². The summed E-state index contributed by atoms with van der Waals surface area (Å²) >= 11 is 0. The summed E-state index contributed by atoms with van der Waals surface area (Å²) in [5.41, 5.74) is 1.63. The Labute approximate surface area is 94.2 Å². The summed E-state index contributed by atoms with van der Waals surface area (Å²) in [6.07, 6.45) is 4.55. The third-order valence-electron chi connectivity index (χ3n) is 2.86. The van der Waals surface area contributed by atoms with Crippen molar-refractivity contribution in [3.05, 3.63) is 35.3 Å². The maximum absolute atomic E-state index is 13.9. The molecule has 0 radical (unpaired) electrons. The standard InChI is InChI=1S/C12H15FN2O/c1-9-3-6-15(7-4-9)12-11(13)10(8-16)2-5-14-12/h2-3,5,16H,4,6-8H2,1H3. The largest absolute Gasteiger partial charge is 0.392 e. The molecule has 1 aliphatic heterocycles. The number of hydrogen-bond donors (Lipinski definition) is 1.